The van der Waals surface area contributed by atoms with Crippen LogP contribution in [0.5, 0.6) is 0 Å². The lowest BCUT2D eigenvalue weighted by molar-refractivity contribution is 0.0972. The number of nitrogens with zero attached hydrogens (tertiary/aromatic N) is 1. The van der Waals surface area contributed by atoms with Gasteiger partial charge in [-0.3, -0.25) is 10.1 Å². The lowest BCUT2D eigenvalue weighted by atomic mass is 9.93. The SMILES string of the molecule is O=C(NC(=NCc1ccc(F)cc1Cl)NC1CCC(O)CC1)c1ccc(F)c(F)c1. The predicted molar refractivity (Wildman–Crippen MR) is 108 cm³/mol. The molecule has 30 heavy (non-hydrogen) atoms. The maximum Gasteiger partial charge on any atom is 0.258 e. The van der Waals surface area contributed by atoms with Gasteiger partial charge in [0.25, 0.3) is 5.91 Å². The van der Waals surface area contributed by atoms with E-state index in [-0.39, 0.29) is 35.2 Å². The van der Waals surface area contributed by atoms with Gasteiger partial charge >= 0.3 is 0 Å². The molecule has 2 aromatic rings. The van der Waals surface area contributed by atoms with Gasteiger partial charge in [0.05, 0.1) is 12.6 Å². The highest BCUT2D eigenvalue weighted by Gasteiger charge is 2.21. The maximum atomic E-state index is 13.5. The normalized spacial score (nSPS) is 19.4. The van der Waals surface area contributed by atoms with Crippen LogP contribution in [0.25, 0.3) is 0 Å². The molecule has 0 bridgehead atoms. The fourth-order valence-corrected chi connectivity index (χ4v) is 3.39. The van der Waals surface area contributed by atoms with Gasteiger partial charge in [-0.2, -0.15) is 0 Å². The second-order valence-corrected chi connectivity index (χ2v) is 7.54. The van der Waals surface area contributed by atoms with E-state index in [4.69, 9.17) is 11.6 Å². The lowest BCUT2D eigenvalue weighted by Crippen LogP contribution is -2.47. The minimum atomic E-state index is -1.13. The predicted octanol–water partition coefficient (Wildman–Crippen LogP) is 3.94. The van der Waals surface area contributed by atoms with Gasteiger partial charge in [-0.15, -0.1) is 0 Å². The van der Waals surface area contributed by atoms with Crippen molar-refractivity contribution >= 4 is 23.5 Å². The summed E-state index contributed by atoms with van der Waals surface area (Å²) in [5, 5.41) is 15.6. The second kappa shape index (κ2) is 9.95. The van der Waals surface area contributed by atoms with E-state index in [2.05, 4.69) is 15.6 Å². The molecule has 1 aliphatic rings. The maximum absolute atomic E-state index is 13.5. The molecular weight excluding hydrogens is 419 g/mol. The summed E-state index contributed by atoms with van der Waals surface area (Å²) in [7, 11) is 0. The summed E-state index contributed by atoms with van der Waals surface area (Å²) in [6.07, 6.45) is 2.24. The molecule has 0 saturated heterocycles. The van der Waals surface area contributed by atoms with Crippen LogP contribution in [0.2, 0.25) is 5.02 Å². The number of rotatable bonds is 4. The number of benzene rings is 2. The Kier molecular flexibility index (Phi) is 7.33. The quantitative estimate of drug-likeness (QED) is 0.499. The summed E-state index contributed by atoms with van der Waals surface area (Å²) in [5.41, 5.74) is 0.487. The molecule has 3 rings (SSSR count). The number of aliphatic imine (C=N–C) groups is 1. The average Bonchev–Trinajstić information content (AvgIpc) is 2.70. The van der Waals surface area contributed by atoms with Gasteiger partial charge in [0, 0.05) is 16.6 Å². The van der Waals surface area contributed by atoms with Gasteiger partial charge in [-0.05, 0) is 61.6 Å². The molecule has 0 spiro atoms. The minimum absolute atomic E-state index is 0.0268. The third-order valence-electron chi connectivity index (χ3n) is 4.87. The summed E-state index contributed by atoms with van der Waals surface area (Å²) in [5.74, 6) is -3.19. The number of carbonyl (C=O) groups is 1. The Morgan fingerprint density at radius 1 is 1.07 bits per heavy atom. The molecule has 0 radical (unpaired) electrons. The monoisotopic (exact) mass is 439 g/mol. The molecule has 5 nitrogen and oxygen atoms in total. The minimum Gasteiger partial charge on any atom is -0.393 e. The summed E-state index contributed by atoms with van der Waals surface area (Å²) >= 11 is 6.03. The van der Waals surface area contributed by atoms with Crippen LogP contribution in [-0.2, 0) is 6.54 Å². The van der Waals surface area contributed by atoms with Crippen molar-refractivity contribution in [2.24, 2.45) is 4.99 Å². The number of hydrogen-bond acceptors (Lipinski definition) is 3. The Balaban J connectivity index is 1.77. The molecule has 160 valence electrons. The Morgan fingerprint density at radius 2 is 1.80 bits per heavy atom. The van der Waals surface area contributed by atoms with Crippen LogP contribution in [0, 0.1) is 17.5 Å². The van der Waals surface area contributed by atoms with Gasteiger partial charge in [-0.1, -0.05) is 17.7 Å². The summed E-state index contributed by atoms with van der Waals surface area (Å²) < 4.78 is 39.8. The third-order valence-corrected chi connectivity index (χ3v) is 5.23. The van der Waals surface area contributed by atoms with Crippen LogP contribution >= 0.6 is 11.6 Å². The van der Waals surface area contributed by atoms with Crippen molar-refractivity contribution in [3.63, 3.8) is 0 Å². The fourth-order valence-electron chi connectivity index (χ4n) is 3.17. The largest absolute Gasteiger partial charge is 0.393 e. The first kappa shape index (κ1) is 22.1. The first-order valence-corrected chi connectivity index (χ1v) is 9.89. The lowest BCUT2D eigenvalue weighted by Gasteiger charge is -2.27. The molecule has 3 N–H and O–H groups in total. The van der Waals surface area contributed by atoms with Crippen LogP contribution in [0.4, 0.5) is 13.2 Å². The topological polar surface area (TPSA) is 73.7 Å². The first-order valence-electron chi connectivity index (χ1n) is 9.51. The molecule has 2 aromatic carbocycles. The van der Waals surface area contributed by atoms with Gasteiger partial charge in [0.2, 0.25) is 0 Å². The van der Waals surface area contributed by atoms with Crippen molar-refractivity contribution in [2.45, 2.75) is 44.4 Å². The van der Waals surface area contributed by atoms with E-state index in [9.17, 15) is 23.1 Å². The number of nitrogens with one attached hydrogen (secondary N) is 2. The Labute approximate surface area is 177 Å². The molecule has 9 heteroatoms. The Morgan fingerprint density at radius 3 is 2.47 bits per heavy atom. The standard InChI is InChI=1S/C21H21ClF3N3O2/c22-17-10-14(23)3-1-13(17)11-26-21(27-15-4-6-16(29)7-5-15)28-20(30)12-2-8-18(24)19(25)9-12/h1-3,8-10,15-16,29H,4-7,11H2,(H2,26,27,28,30). The van der Waals surface area contributed by atoms with Gasteiger partial charge in [0.1, 0.15) is 5.82 Å². The molecule has 0 aromatic heterocycles. The van der Waals surface area contributed by atoms with Gasteiger partial charge < -0.3 is 10.4 Å². The number of amides is 1. The van der Waals surface area contributed by atoms with E-state index in [0.29, 0.717) is 31.2 Å². The summed E-state index contributed by atoms with van der Waals surface area (Å²) in [6.45, 7) is 0.0643. The molecule has 0 atom stereocenters. The number of aliphatic hydroxyl groups excluding tert-OH is 1. The van der Waals surface area contributed by atoms with Crippen LogP contribution < -0.4 is 10.6 Å². The van der Waals surface area contributed by atoms with E-state index < -0.39 is 23.4 Å². The highest BCUT2D eigenvalue weighted by molar-refractivity contribution is 6.31. The van der Waals surface area contributed by atoms with Crippen molar-refractivity contribution in [2.75, 3.05) is 0 Å². The summed E-state index contributed by atoms with van der Waals surface area (Å²) in [4.78, 5) is 16.8. The fraction of sp³-hybridized carbons (Fsp3) is 0.333. The first-order chi connectivity index (χ1) is 14.3. The highest BCUT2D eigenvalue weighted by atomic mass is 35.5. The van der Waals surface area contributed by atoms with E-state index in [1.807, 2.05) is 0 Å². The van der Waals surface area contributed by atoms with Gasteiger partial charge in [-0.25, -0.2) is 18.2 Å². The second-order valence-electron chi connectivity index (χ2n) is 7.13. The van der Waals surface area contributed by atoms with Crippen LogP contribution in [0.3, 0.4) is 0 Å². The number of hydrogen-bond donors (Lipinski definition) is 3. The van der Waals surface area contributed by atoms with E-state index >= 15 is 0 Å². The molecule has 1 fully saturated rings. The molecular formula is C21H21ClF3N3O2. The van der Waals surface area contributed by atoms with Crippen molar-refractivity contribution < 1.29 is 23.1 Å². The zero-order valence-corrected chi connectivity index (χ0v) is 16.7. The van der Waals surface area contributed by atoms with Gasteiger partial charge in [0.15, 0.2) is 17.6 Å². The van der Waals surface area contributed by atoms with Crippen molar-refractivity contribution in [1.82, 2.24) is 10.6 Å². The van der Waals surface area contributed by atoms with E-state index in [1.165, 1.54) is 24.3 Å². The van der Waals surface area contributed by atoms with E-state index in [1.54, 1.807) is 0 Å². The summed E-state index contributed by atoms with van der Waals surface area (Å²) in [6, 6.07) is 6.73. The zero-order valence-electron chi connectivity index (χ0n) is 16.0. The smallest absolute Gasteiger partial charge is 0.258 e. The van der Waals surface area contributed by atoms with Crippen molar-refractivity contribution in [3.05, 3.63) is 70.0 Å². The zero-order chi connectivity index (χ0) is 21.7. The van der Waals surface area contributed by atoms with Crippen LogP contribution in [0.1, 0.15) is 41.6 Å². The molecule has 1 saturated carbocycles. The third kappa shape index (κ3) is 5.96. The molecule has 0 aliphatic heterocycles. The number of carbonyl (C=O) groups excluding carboxylic acids is 1. The highest BCUT2D eigenvalue weighted by Crippen LogP contribution is 2.20. The molecule has 0 unspecified atom stereocenters. The Bertz CT molecular complexity index is 947. The van der Waals surface area contributed by atoms with Crippen molar-refractivity contribution in [3.8, 4) is 0 Å². The number of halogens is 4. The van der Waals surface area contributed by atoms with Crippen LogP contribution in [-0.4, -0.2) is 29.1 Å². The van der Waals surface area contributed by atoms with E-state index in [0.717, 1.165) is 12.1 Å². The number of guanidine groups is 1. The van der Waals surface area contributed by atoms with Crippen LogP contribution in [0.15, 0.2) is 41.4 Å². The molecule has 1 aliphatic carbocycles. The molecule has 1 amide bonds. The number of aliphatic hydroxyl groups is 1. The Hall–Kier alpha value is -2.58. The molecule has 0 heterocycles. The van der Waals surface area contributed by atoms with Crippen molar-refractivity contribution in [1.29, 1.82) is 0 Å². The average molecular weight is 440 g/mol.